The van der Waals surface area contributed by atoms with Crippen molar-refractivity contribution >= 4 is 27.5 Å². The topological polar surface area (TPSA) is 96.0 Å². The van der Waals surface area contributed by atoms with E-state index < -0.39 is 16.1 Å². The maximum Gasteiger partial charge on any atom is 0.247 e. The largest absolute Gasteiger partial charge is 0.379 e. The molecule has 3 aliphatic rings. The molecular formula is C19H25N3O5S. The van der Waals surface area contributed by atoms with Gasteiger partial charge in [-0.1, -0.05) is 6.07 Å². The van der Waals surface area contributed by atoms with Crippen molar-refractivity contribution in [1.82, 2.24) is 9.21 Å². The Morgan fingerprint density at radius 3 is 2.54 bits per heavy atom. The molecule has 3 fully saturated rings. The zero-order valence-electron chi connectivity index (χ0n) is 15.7. The van der Waals surface area contributed by atoms with Crippen LogP contribution < -0.4 is 5.32 Å². The van der Waals surface area contributed by atoms with Gasteiger partial charge in [0.05, 0.1) is 18.1 Å². The molecule has 1 aromatic rings. The molecule has 1 aliphatic carbocycles. The summed E-state index contributed by atoms with van der Waals surface area (Å²) < 4.78 is 32.2. The molecule has 0 aromatic heterocycles. The van der Waals surface area contributed by atoms with Crippen molar-refractivity contribution in [2.75, 3.05) is 38.2 Å². The second-order valence-corrected chi connectivity index (χ2v) is 9.44. The highest BCUT2D eigenvalue weighted by atomic mass is 32.2. The molecule has 2 amide bonds. The molecule has 28 heavy (non-hydrogen) atoms. The Kier molecular flexibility index (Phi) is 5.39. The first-order valence-electron chi connectivity index (χ1n) is 9.76. The van der Waals surface area contributed by atoms with Gasteiger partial charge in [0, 0.05) is 31.2 Å². The fraction of sp³-hybridized carbons (Fsp3) is 0.579. The van der Waals surface area contributed by atoms with Crippen LogP contribution in [0, 0.1) is 5.92 Å². The van der Waals surface area contributed by atoms with Crippen LogP contribution in [0.5, 0.6) is 0 Å². The summed E-state index contributed by atoms with van der Waals surface area (Å²) in [7, 11) is -3.63. The van der Waals surface area contributed by atoms with Crippen LogP contribution in [0.3, 0.4) is 0 Å². The fourth-order valence-electron chi connectivity index (χ4n) is 3.76. The summed E-state index contributed by atoms with van der Waals surface area (Å²) in [4.78, 5) is 27.0. The first kappa shape index (κ1) is 19.4. The Hall–Kier alpha value is -1.97. The minimum Gasteiger partial charge on any atom is -0.379 e. The number of ether oxygens (including phenoxy) is 1. The van der Waals surface area contributed by atoms with Crippen molar-refractivity contribution in [3.8, 4) is 0 Å². The summed E-state index contributed by atoms with van der Waals surface area (Å²) in [5.41, 5.74) is 0.421. The standard InChI is InChI=1S/C19H25N3O5S/c23-18(17-5-2-8-22(17)19(24)14-6-7-14)20-15-3-1-4-16(13-15)28(25,26)21-9-11-27-12-10-21/h1,3-4,13-14,17H,2,5-12H2,(H,20,23). The van der Waals surface area contributed by atoms with E-state index in [1.54, 1.807) is 17.0 Å². The highest BCUT2D eigenvalue weighted by molar-refractivity contribution is 7.89. The molecule has 1 atom stereocenters. The molecule has 9 heteroatoms. The van der Waals surface area contributed by atoms with Crippen molar-refractivity contribution in [3.63, 3.8) is 0 Å². The third-order valence-electron chi connectivity index (χ3n) is 5.47. The first-order valence-corrected chi connectivity index (χ1v) is 11.2. The van der Waals surface area contributed by atoms with Crippen molar-refractivity contribution < 1.29 is 22.7 Å². The molecule has 0 radical (unpaired) electrons. The van der Waals surface area contributed by atoms with E-state index >= 15 is 0 Å². The van der Waals surface area contributed by atoms with Gasteiger partial charge in [0.15, 0.2) is 0 Å². The van der Waals surface area contributed by atoms with Crippen LogP contribution in [0.25, 0.3) is 0 Å². The smallest absolute Gasteiger partial charge is 0.247 e. The van der Waals surface area contributed by atoms with E-state index in [9.17, 15) is 18.0 Å². The normalized spacial score (nSPS) is 23.6. The lowest BCUT2D eigenvalue weighted by Gasteiger charge is -2.26. The van der Waals surface area contributed by atoms with Gasteiger partial charge < -0.3 is 15.0 Å². The Labute approximate surface area is 164 Å². The minimum absolute atomic E-state index is 0.0706. The summed E-state index contributed by atoms with van der Waals surface area (Å²) in [6, 6.07) is 5.81. The van der Waals surface area contributed by atoms with Crippen LogP contribution in [0.15, 0.2) is 29.2 Å². The number of rotatable bonds is 5. The van der Waals surface area contributed by atoms with E-state index in [-0.39, 0.29) is 22.6 Å². The van der Waals surface area contributed by atoms with Crippen molar-refractivity contribution in [2.24, 2.45) is 5.92 Å². The van der Waals surface area contributed by atoms with Crippen LogP contribution in [-0.2, 0) is 24.3 Å². The molecule has 0 bridgehead atoms. The number of likely N-dealkylation sites (tertiary alicyclic amines) is 1. The van der Waals surface area contributed by atoms with Gasteiger partial charge in [0.1, 0.15) is 6.04 Å². The predicted octanol–water partition coefficient (Wildman–Crippen LogP) is 1.05. The van der Waals surface area contributed by atoms with Crippen LogP contribution in [0.1, 0.15) is 25.7 Å². The number of carbonyl (C=O) groups is 2. The van der Waals surface area contributed by atoms with Crippen molar-refractivity contribution in [2.45, 2.75) is 36.6 Å². The number of amides is 2. The Balaban J connectivity index is 1.47. The molecule has 1 saturated carbocycles. The van der Waals surface area contributed by atoms with Crippen LogP contribution >= 0.6 is 0 Å². The number of morpholine rings is 1. The third kappa shape index (κ3) is 3.92. The maximum atomic E-state index is 12.8. The highest BCUT2D eigenvalue weighted by Gasteiger charge is 2.40. The van der Waals surface area contributed by atoms with E-state index in [1.165, 1.54) is 16.4 Å². The predicted molar refractivity (Wildman–Crippen MR) is 102 cm³/mol. The molecule has 1 aromatic carbocycles. The van der Waals surface area contributed by atoms with E-state index in [0.717, 1.165) is 19.3 Å². The van der Waals surface area contributed by atoms with Gasteiger partial charge in [-0.2, -0.15) is 4.31 Å². The molecule has 2 saturated heterocycles. The summed E-state index contributed by atoms with van der Waals surface area (Å²) >= 11 is 0. The highest BCUT2D eigenvalue weighted by Crippen LogP contribution is 2.34. The van der Waals surface area contributed by atoms with E-state index in [2.05, 4.69) is 5.32 Å². The molecule has 152 valence electrons. The Bertz CT molecular complexity index is 862. The van der Waals surface area contributed by atoms with Crippen molar-refractivity contribution in [3.05, 3.63) is 24.3 Å². The molecule has 0 spiro atoms. The lowest BCUT2D eigenvalue weighted by molar-refractivity contribution is -0.137. The van der Waals surface area contributed by atoms with E-state index in [0.29, 0.717) is 45.0 Å². The Morgan fingerprint density at radius 1 is 1.07 bits per heavy atom. The number of anilines is 1. The number of sulfonamides is 1. The summed E-state index contributed by atoms with van der Waals surface area (Å²) in [5.74, 6) is -0.107. The lowest BCUT2D eigenvalue weighted by atomic mass is 10.2. The maximum absolute atomic E-state index is 12.8. The fourth-order valence-corrected chi connectivity index (χ4v) is 5.22. The molecular weight excluding hydrogens is 382 g/mol. The van der Waals surface area contributed by atoms with Crippen LogP contribution in [0.4, 0.5) is 5.69 Å². The van der Waals surface area contributed by atoms with Gasteiger partial charge in [-0.25, -0.2) is 8.42 Å². The Morgan fingerprint density at radius 2 is 1.82 bits per heavy atom. The van der Waals surface area contributed by atoms with E-state index in [4.69, 9.17) is 4.74 Å². The van der Waals surface area contributed by atoms with E-state index in [1.807, 2.05) is 0 Å². The zero-order valence-corrected chi connectivity index (χ0v) is 16.5. The average molecular weight is 407 g/mol. The monoisotopic (exact) mass is 407 g/mol. The third-order valence-corrected chi connectivity index (χ3v) is 7.37. The van der Waals surface area contributed by atoms with Crippen LogP contribution in [0.2, 0.25) is 0 Å². The van der Waals surface area contributed by atoms with Gasteiger partial charge in [0.2, 0.25) is 21.8 Å². The van der Waals surface area contributed by atoms with Gasteiger partial charge in [-0.05, 0) is 43.9 Å². The summed E-state index contributed by atoms with van der Waals surface area (Å²) in [5, 5.41) is 2.80. The molecule has 1 N–H and O–H groups in total. The number of hydrogen-bond donors (Lipinski definition) is 1. The summed E-state index contributed by atoms with van der Waals surface area (Å²) in [6.07, 6.45) is 3.26. The molecule has 2 aliphatic heterocycles. The minimum atomic E-state index is -3.63. The second-order valence-electron chi connectivity index (χ2n) is 7.50. The lowest BCUT2D eigenvalue weighted by Crippen LogP contribution is -2.43. The quantitative estimate of drug-likeness (QED) is 0.787. The second kappa shape index (κ2) is 7.81. The molecule has 4 rings (SSSR count). The van der Waals surface area contributed by atoms with Gasteiger partial charge in [-0.3, -0.25) is 9.59 Å². The molecule has 1 unspecified atom stereocenters. The van der Waals surface area contributed by atoms with Crippen LogP contribution in [-0.4, -0.2) is 68.3 Å². The zero-order chi connectivity index (χ0) is 19.7. The van der Waals surface area contributed by atoms with Gasteiger partial charge in [-0.15, -0.1) is 0 Å². The molecule has 2 heterocycles. The number of benzene rings is 1. The number of hydrogen-bond acceptors (Lipinski definition) is 5. The first-order chi connectivity index (χ1) is 13.5. The number of nitrogens with one attached hydrogen (secondary N) is 1. The number of carbonyl (C=O) groups excluding carboxylic acids is 2. The van der Waals surface area contributed by atoms with Gasteiger partial charge in [0.25, 0.3) is 0 Å². The van der Waals surface area contributed by atoms with Crippen molar-refractivity contribution in [1.29, 1.82) is 0 Å². The van der Waals surface area contributed by atoms with Gasteiger partial charge >= 0.3 is 0 Å². The average Bonchev–Trinajstić information content (AvgIpc) is 3.44. The summed E-state index contributed by atoms with van der Waals surface area (Å²) in [6.45, 7) is 2.00. The molecule has 8 nitrogen and oxygen atoms in total. The number of nitrogens with zero attached hydrogens (tertiary/aromatic N) is 2. The SMILES string of the molecule is O=C(Nc1cccc(S(=O)(=O)N2CCOCC2)c1)C1CCCN1C(=O)C1CC1.